The van der Waals surface area contributed by atoms with E-state index in [0.29, 0.717) is 0 Å². The van der Waals surface area contributed by atoms with Gasteiger partial charge in [-0.25, -0.2) is 0 Å². The van der Waals surface area contributed by atoms with Crippen LogP contribution in [0.15, 0.2) is 188 Å². The number of anilines is 6. The van der Waals surface area contributed by atoms with Crippen molar-refractivity contribution in [2.24, 2.45) is 0 Å². The van der Waals surface area contributed by atoms with Crippen molar-refractivity contribution in [2.75, 3.05) is 9.80 Å². The summed E-state index contributed by atoms with van der Waals surface area (Å²) in [5, 5.41) is 4.97. The Bertz CT molecular complexity index is 3290. The molecule has 3 aliphatic carbocycles. The Kier molecular flexibility index (Phi) is 8.09. The molecule has 0 spiro atoms. The minimum absolute atomic E-state index is 0.206. The first kappa shape index (κ1) is 36.7. The van der Waals surface area contributed by atoms with Crippen LogP contribution in [-0.2, 0) is 17.3 Å². The summed E-state index contributed by atoms with van der Waals surface area (Å²) in [6, 6.07) is 67.6. The third-order valence-corrected chi connectivity index (χ3v) is 14.3. The summed E-state index contributed by atoms with van der Waals surface area (Å²) < 4.78 is 0. The lowest BCUT2D eigenvalue weighted by Gasteiger charge is -2.32. The molecule has 0 N–H and O–H groups in total. The number of fused-ring (bicyclic) bond motifs is 10. The van der Waals surface area contributed by atoms with E-state index in [2.05, 4.69) is 232 Å². The van der Waals surface area contributed by atoms with Crippen molar-refractivity contribution in [3.8, 4) is 22.3 Å². The average molecular weight is 797 g/mol. The first-order valence-electron chi connectivity index (χ1n) is 22.2. The van der Waals surface area contributed by atoms with E-state index >= 15 is 0 Å². The second kappa shape index (κ2) is 13.7. The molecular weight excluding hydrogens is 749 g/mol. The highest BCUT2D eigenvalue weighted by Gasteiger charge is 2.44. The van der Waals surface area contributed by atoms with Crippen LogP contribution in [0.3, 0.4) is 0 Å². The molecule has 0 heterocycles. The van der Waals surface area contributed by atoms with Crippen LogP contribution < -0.4 is 9.80 Å². The van der Waals surface area contributed by atoms with Gasteiger partial charge in [-0.05, 0) is 140 Å². The number of para-hydroxylation sites is 2. The van der Waals surface area contributed by atoms with E-state index in [-0.39, 0.29) is 10.8 Å². The molecule has 0 saturated heterocycles. The summed E-state index contributed by atoms with van der Waals surface area (Å²) in [7, 11) is 0. The molecule has 62 heavy (non-hydrogen) atoms. The molecule has 2 heteroatoms. The number of hydrogen-bond acceptors (Lipinski definition) is 2. The average Bonchev–Trinajstić information content (AvgIpc) is 3.67. The molecule has 0 fully saturated rings. The molecule has 9 aromatic carbocycles. The number of allylic oxidation sites excluding steroid dienone is 1. The molecule has 9 aromatic rings. The van der Waals surface area contributed by atoms with Gasteiger partial charge in [-0.1, -0.05) is 155 Å². The number of hydrogen-bond donors (Lipinski definition) is 0. The highest BCUT2D eigenvalue weighted by Crippen LogP contribution is 2.59. The van der Waals surface area contributed by atoms with Gasteiger partial charge in [-0.2, -0.15) is 0 Å². The summed E-state index contributed by atoms with van der Waals surface area (Å²) >= 11 is 0. The zero-order valence-corrected chi connectivity index (χ0v) is 35.8. The Labute approximate surface area is 365 Å². The molecule has 298 valence electrons. The van der Waals surface area contributed by atoms with E-state index in [0.717, 1.165) is 18.5 Å². The number of benzene rings is 9. The van der Waals surface area contributed by atoms with Gasteiger partial charge < -0.3 is 9.80 Å². The molecule has 2 nitrogen and oxygen atoms in total. The Morgan fingerprint density at radius 1 is 0.403 bits per heavy atom. The van der Waals surface area contributed by atoms with Crippen LogP contribution >= 0.6 is 0 Å². The van der Waals surface area contributed by atoms with Crippen molar-refractivity contribution in [2.45, 2.75) is 51.4 Å². The van der Waals surface area contributed by atoms with Gasteiger partial charge >= 0.3 is 0 Å². The normalized spacial score (nSPS) is 14.8. The van der Waals surface area contributed by atoms with Crippen molar-refractivity contribution in [1.82, 2.24) is 0 Å². The van der Waals surface area contributed by atoms with Crippen LogP contribution in [0.4, 0.5) is 34.1 Å². The molecule has 12 rings (SSSR count). The van der Waals surface area contributed by atoms with E-state index in [1.54, 1.807) is 0 Å². The predicted octanol–water partition coefficient (Wildman–Crippen LogP) is 16.5. The summed E-state index contributed by atoms with van der Waals surface area (Å²) in [4.78, 5) is 4.96. The molecule has 3 aliphatic rings. The Hall–Kier alpha value is -7.16. The Morgan fingerprint density at radius 3 is 1.61 bits per heavy atom. The minimum atomic E-state index is -0.211. The standard InChI is InChI=1S/C60H48N2/c1-59(2)51-35-43(61(41-23-7-5-8-24-41)55-31-17-21-39-19-11-13-27-44(39)55)33-34-46(51)49-36-53-50(37-52(49)59)58-48-30-16-15-29-47(48)57(38-54(58)60(53,3)4)62(42-25-9-6-10-26-42)56-32-18-22-40-20-12-14-28-45(40)56/h5-15,17-29,31-38H,16,30H2,1-4H3. The van der Waals surface area contributed by atoms with E-state index in [1.807, 2.05) is 0 Å². The maximum Gasteiger partial charge on any atom is 0.0540 e. The van der Waals surface area contributed by atoms with Crippen molar-refractivity contribution in [3.05, 3.63) is 221 Å². The fourth-order valence-corrected chi connectivity index (χ4v) is 11.2. The van der Waals surface area contributed by atoms with Crippen LogP contribution in [0, 0.1) is 0 Å². The van der Waals surface area contributed by atoms with Crippen LogP contribution in [0.5, 0.6) is 0 Å². The molecule has 0 atom stereocenters. The summed E-state index contributed by atoms with van der Waals surface area (Å²) in [6.45, 7) is 9.77. The molecule has 0 bridgehead atoms. The Balaban J connectivity index is 1.03. The van der Waals surface area contributed by atoms with Gasteiger partial charge in [0.05, 0.1) is 17.1 Å². The smallest absolute Gasteiger partial charge is 0.0540 e. The van der Waals surface area contributed by atoms with Crippen LogP contribution in [-0.4, -0.2) is 0 Å². The maximum absolute atomic E-state index is 2.59. The monoisotopic (exact) mass is 796 g/mol. The number of nitrogens with zero attached hydrogens (tertiary/aromatic N) is 2. The molecule has 0 aromatic heterocycles. The Morgan fingerprint density at radius 2 is 0.935 bits per heavy atom. The zero-order chi connectivity index (χ0) is 41.7. The lowest BCUT2D eigenvalue weighted by molar-refractivity contribution is 0.652. The molecular formula is C60H48N2. The van der Waals surface area contributed by atoms with E-state index in [1.165, 1.54) is 106 Å². The first-order valence-corrected chi connectivity index (χ1v) is 22.2. The summed E-state index contributed by atoms with van der Waals surface area (Å²) in [6.07, 6.45) is 6.84. The minimum Gasteiger partial charge on any atom is -0.310 e. The molecule has 0 radical (unpaired) electrons. The molecule has 0 saturated carbocycles. The van der Waals surface area contributed by atoms with Gasteiger partial charge in [0.25, 0.3) is 0 Å². The third kappa shape index (κ3) is 5.36. The fraction of sp³-hybridized carbons (Fsp3) is 0.133. The van der Waals surface area contributed by atoms with Crippen molar-refractivity contribution < 1.29 is 0 Å². The summed E-state index contributed by atoms with van der Waals surface area (Å²) in [5.74, 6) is 0. The van der Waals surface area contributed by atoms with Gasteiger partial charge in [0, 0.05) is 44.2 Å². The third-order valence-electron chi connectivity index (χ3n) is 14.3. The topological polar surface area (TPSA) is 6.48 Å². The zero-order valence-electron chi connectivity index (χ0n) is 35.8. The van der Waals surface area contributed by atoms with Crippen molar-refractivity contribution >= 4 is 61.7 Å². The van der Waals surface area contributed by atoms with Gasteiger partial charge in [-0.15, -0.1) is 0 Å². The van der Waals surface area contributed by atoms with Gasteiger partial charge in [0.15, 0.2) is 0 Å². The fourth-order valence-electron chi connectivity index (χ4n) is 11.2. The first-order chi connectivity index (χ1) is 30.3. The van der Waals surface area contributed by atoms with Gasteiger partial charge in [-0.3, -0.25) is 0 Å². The lowest BCUT2D eigenvalue weighted by Crippen LogP contribution is -2.19. The maximum atomic E-state index is 2.59. The van der Waals surface area contributed by atoms with E-state index in [4.69, 9.17) is 0 Å². The quantitative estimate of drug-likeness (QED) is 0.165. The molecule has 0 amide bonds. The van der Waals surface area contributed by atoms with Gasteiger partial charge in [0.1, 0.15) is 0 Å². The van der Waals surface area contributed by atoms with Crippen LogP contribution in [0.2, 0.25) is 0 Å². The lowest BCUT2D eigenvalue weighted by atomic mass is 9.79. The van der Waals surface area contributed by atoms with Crippen LogP contribution in [0.1, 0.15) is 67.5 Å². The molecule has 0 aliphatic heterocycles. The number of rotatable bonds is 6. The van der Waals surface area contributed by atoms with Gasteiger partial charge in [0.2, 0.25) is 0 Å². The molecule has 0 unspecified atom stereocenters. The second-order valence-corrected chi connectivity index (χ2v) is 18.4. The summed E-state index contributed by atoms with van der Waals surface area (Å²) in [5.41, 5.74) is 20.7. The van der Waals surface area contributed by atoms with Crippen molar-refractivity contribution in [1.29, 1.82) is 0 Å². The predicted molar refractivity (Wildman–Crippen MR) is 263 cm³/mol. The SMILES string of the molecule is CC1(C)c2cc(N(c3ccccc3)c3cccc4ccccc34)ccc2-c2cc3c(cc21)-c1c(cc(N(c2ccccc2)c2cccc4ccccc24)c2c1CCC=C2)C3(C)C. The second-order valence-electron chi connectivity index (χ2n) is 18.4. The van der Waals surface area contributed by atoms with E-state index < -0.39 is 0 Å². The highest BCUT2D eigenvalue weighted by atomic mass is 15.2. The highest BCUT2D eigenvalue weighted by molar-refractivity contribution is 6.03. The van der Waals surface area contributed by atoms with Crippen LogP contribution in [0.25, 0.3) is 49.9 Å². The van der Waals surface area contributed by atoms with E-state index in [9.17, 15) is 0 Å². The largest absolute Gasteiger partial charge is 0.310 e. The van der Waals surface area contributed by atoms with Crippen molar-refractivity contribution in [3.63, 3.8) is 0 Å².